The van der Waals surface area contributed by atoms with E-state index in [1.165, 1.54) is 0 Å². The van der Waals surface area contributed by atoms with Crippen LogP contribution in [0.15, 0.2) is 0 Å². The summed E-state index contributed by atoms with van der Waals surface area (Å²) in [5, 5.41) is 14.3. The molecule has 0 spiro atoms. The van der Waals surface area contributed by atoms with Gasteiger partial charge in [0.1, 0.15) is 0 Å². The first-order valence-electron chi connectivity index (χ1n) is 5.62. The molecule has 0 bridgehead atoms. The molecule has 1 saturated carbocycles. The van der Waals surface area contributed by atoms with Crippen molar-refractivity contribution in [2.24, 2.45) is 11.7 Å². The number of amides is 2. The molecular weight excluding hydrogens is 210 g/mol. The van der Waals surface area contributed by atoms with Gasteiger partial charge in [-0.05, 0) is 12.8 Å². The molecule has 1 rings (SSSR count). The van der Waals surface area contributed by atoms with Gasteiger partial charge in [-0.1, -0.05) is 12.8 Å². The molecule has 0 saturated heterocycles. The van der Waals surface area contributed by atoms with E-state index < -0.39 is 11.9 Å². The number of carbonyl (C=O) groups is 2. The summed E-state index contributed by atoms with van der Waals surface area (Å²) in [6.07, 6.45) is 3.25. The maximum atomic E-state index is 11.4. The van der Waals surface area contributed by atoms with E-state index in [1.807, 2.05) is 0 Å². The van der Waals surface area contributed by atoms with Crippen LogP contribution in [0.5, 0.6) is 0 Å². The molecule has 6 heteroatoms. The Morgan fingerprint density at radius 1 is 1.31 bits per heavy atom. The summed E-state index contributed by atoms with van der Waals surface area (Å²) in [4.78, 5) is 22.3. The molecular formula is C10H19N3O3. The van der Waals surface area contributed by atoms with Gasteiger partial charge >= 0.3 is 12.0 Å². The molecule has 5 N–H and O–H groups in total. The van der Waals surface area contributed by atoms with Gasteiger partial charge in [0.05, 0.1) is 5.92 Å². The molecule has 16 heavy (non-hydrogen) atoms. The Morgan fingerprint density at radius 2 is 2.00 bits per heavy atom. The zero-order chi connectivity index (χ0) is 12.0. The Kier molecular flexibility index (Phi) is 5.04. The summed E-state index contributed by atoms with van der Waals surface area (Å²) in [6, 6.07) is -0.590. The van der Waals surface area contributed by atoms with Gasteiger partial charge in [-0.25, -0.2) is 4.79 Å². The predicted molar refractivity (Wildman–Crippen MR) is 59.0 cm³/mol. The van der Waals surface area contributed by atoms with Crippen LogP contribution in [-0.2, 0) is 4.79 Å². The third-order valence-electron chi connectivity index (χ3n) is 2.83. The van der Waals surface area contributed by atoms with Crippen LogP contribution in [0.25, 0.3) is 0 Å². The lowest BCUT2D eigenvalue weighted by atomic mass is 9.84. The van der Waals surface area contributed by atoms with Crippen molar-refractivity contribution in [2.75, 3.05) is 13.1 Å². The summed E-state index contributed by atoms with van der Waals surface area (Å²) in [7, 11) is 0. The van der Waals surface area contributed by atoms with Crippen molar-refractivity contribution >= 4 is 12.0 Å². The van der Waals surface area contributed by atoms with Crippen molar-refractivity contribution in [1.29, 1.82) is 0 Å². The van der Waals surface area contributed by atoms with Crippen LogP contribution in [0, 0.1) is 5.92 Å². The molecule has 0 aliphatic heterocycles. The van der Waals surface area contributed by atoms with Crippen molar-refractivity contribution < 1.29 is 14.7 Å². The predicted octanol–water partition coefficient (Wildman–Crippen LogP) is -0.112. The zero-order valence-corrected chi connectivity index (χ0v) is 9.24. The second kappa shape index (κ2) is 6.32. The fourth-order valence-electron chi connectivity index (χ4n) is 2.00. The van der Waals surface area contributed by atoms with Crippen LogP contribution in [0.4, 0.5) is 4.79 Å². The van der Waals surface area contributed by atoms with E-state index >= 15 is 0 Å². The van der Waals surface area contributed by atoms with E-state index in [1.54, 1.807) is 0 Å². The van der Waals surface area contributed by atoms with Crippen LogP contribution >= 0.6 is 0 Å². The van der Waals surface area contributed by atoms with Gasteiger partial charge in [0.2, 0.25) is 0 Å². The number of hydrogen-bond donors (Lipinski definition) is 4. The highest BCUT2D eigenvalue weighted by Crippen LogP contribution is 2.24. The lowest BCUT2D eigenvalue weighted by Gasteiger charge is -2.29. The van der Waals surface area contributed by atoms with Crippen molar-refractivity contribution in [3.63, 3.8) is 0 Å². The molecule has 2 amide bonds. The Bertz CT molecular complexity index is 258. The minimum Gasteiger partial charge on any atom is -0.481 e. The number of hydrogen-bond acceptors (Lipinski definition) is 3. The summed E-state index contributed by atoms with van der Waals surface area (Å²) >= 11 is 0. The van der Waals surface area contributed by atoms with Gasteiger partial charge in [0.25, 0.3) is 0 Å². The summed E-state index contributed by atoms with van der Waals surface area (Å²) < 4.78 is 0. The van der Waals surface area contributed by atoms with E-state index in [9.17, 15) is 9.59 Å². The number of urea groups is 1. The van der Waals surface area contributed by atoms with Gasteiger partial charge in [-0.3, -0.25) is 4.79 Å². The van der Waals surface area contributed by atoms with Crippen LogP contribution in [-0.4, -0.2) is 36.2 Å². The number of nitrogens with two attached hydrogens (primary N) is 1. The zero-order valence-electron chi connectivity index (χ0n) is 9.24. The van der Waals surface area contributed by atoms with E-state index in [2.05, 4.69) is 10.6 Å². The molecule has 0 radical (unpaired) electrons. The maximum absolute atomic E-state index is 11.4. The topological polar surface area (TPSA) is 104 Å². The van der Waals surface area contributed by atoms with Crippen LogP contribution in [0.1, 0.15) is 25.7 Å². The third kappa shape index (κ3) is 3.69. The lowest BCUT2D eigenvalue weighted by molar-refractivity contribution is -0.143. The monoisotopic (exact) mass is 229 g/mol. The van der Waals surface area contributed by atoms with E-state index in [0.717, 1.165) is 19.3 Å². The largest absolute Gasteiger partial charge is 0.481 e. The highest BCUT2D eigenvalue weighted by molar-refractivity contribution is 5.76. The average Bonchev–Trinajstić information content (AvgIpc) is 2.27. The fourth-order valence-corrected chi connectivity index (χ4v) is 2.00. The van der Waals surface area contributed by atoms with Crippen molar-refractivity contribution in [2.45, 2.75) is 31.7 Å². The number of rotatable bonds is 4. The number of nitrogens with one attached hydrogen (secondary N) is 2. The van der Waals surface area contributed by atoms with Crippen molar-refractivity contribution in [3.05, 3.63) is 0 Å². The first kappa shape index (κ1) is 12.8. The average molecular weight is 229 g/mol. The molecule has 92 valence electrons. The molecule has 1 fully saturated rings. The first-order valence-corrected chi connectivity index (χ1v) is 5.62. The molecule has 0 aromatic carbocycles. The summed E-state index contributed by atoms with van der Waals surface area (Å²) in [5.74, 6) is -1.29. The molecule has 2 atom stereocenters. The minimum atomic E-state index is -0.830. The van der Waals surface area contributed by atoms with Crippen LogP contribution in [0.3, 0.4) is 0 Å². The second-order valence-electron chi connectivity index (χ2n) is 4.02. The van der Waals surface area contributed by atoms with Crippen molar-refractivity contribution in [1.82, 2.24) is 10.6 Å². The van der Waals surface area contributed by atoms with Gasteiger partial charge in [-0.2, -0.15) is 0 Å². The molecule has 0 heterocycles. The third-order valence-corrected chi connectivity index (χ3v) is 2.83. The standard InChI is InChI=1S/C10H19N3O3/c11-5-6-12-10(16)13-8-4-2-1-3-7(8)9(14)15/h7-8H,1-6,11H2,(H,14,15)(H2,12,13,16). The highest BCUT2D eigenvalue weighted by atomic mass is 16.4. The first-order chi connectivity index (χ1) is 7.65. The molecule has 1 aliphatic rings. The fraction of sp³-hybridized carbons (Fsp3) is 0.800. The number of carboxylic acids is 1. The Morgan fingerprint density at radius 3 is 2.62 bits per heavy atom. The normalized spacial score (nSPS) is 24.8. The molecule has 2 unspecified atom stereocenters. The SMILES string of the molecule is NCCNC(=O)NC1CCCCC1C(=O)O. The van der Waals surface area contributed by atoms with E-state index in [0.29, 0.717) is 19.5 Å². The van der Waals surface area contributed by atoms with Crippen LogP contribution < -0.4 is 16.4 Å². The Hall–Kier alpha value is -1.30. The van der Waals surface area contributed by atoms with Gasteiger partial charge < -0.3 is 21.5 Å². The van der Waals surface area contributed by atoms with Crippen LogP contribution in [0.2, 0.25) is 0 Å². The molecule has 1 aliphatic carbocycles. The Balaban J connectivity index is 2.43. The summed E-state index contributed by atoms with van der Waals surface area (Å²) in [6.45, 7) is 0.775. The van der Waals surface area contributed by atoms with Gasteiger partial charge in [0.15, 0.2) is 0 Å². The number of aliphatic carboxylic acids is 1. The van der Waals surface area contributed by atoms with Crippen molar-refractivity contribution in [3.8, 4) is 0 Å². The minimum absolute atomic E-state index is 0.260. The summed E-state index contributed by atoms with van der Waals surface area (Å²) in [5.41, 5.74) is 5.25. The number of carbonyl (C=O) groups excluding carboxylic acids is 1. The second-order valence-corrected chi connectivity index (χ2v) is 4.02. The molecule has 6 nitrogen and oxygen atoms in total. The van der Waals surface area contributed by atoms with Gasteiger partial charge in [0, 0.05) is 19.1 Å². The quantitative estimate of drug-likeness (QED) is 0.539. The van der Waals surface area contributed by atoms with E-state index in [4.69, 9.17) is 10.8 Å². The Labute approximate surface area is 94.6 Å². The molecule has 0 aromatic rings. The van der Waals surface area contributed by atoms with E-state index in [-0.39, 0.29) is 12.1 Å². The smallest absolute Gasteiger partial charge is 0.315 e. The number of carboxylic acid groups (broad SMARTS) is 1. The van der Waals surface area contributed by atoms with Gasteiger partial charge in [-0.15, -0.1) is 0 Å². The molecule has 0 aromatic heterocycles. The maximum Gasteiger partial charge on any atom is 0.315 e. The lowest BCUT2D eigenvalue weighted by Crippen LogP contribution is -2.49. The highest BCUT2D eigenvalue weighted by Gasteiger charge is 2.31.